The van der Waals surface area contributed by atoms with Gasteiger partial charge in [0.05, 0.1) is 79.0 Å². The first-order valence-corrected chi connectivity index (χ1v) is 43.9. The average Bonchev–Trinajstić information content (AvgIpc) is 1.10. The van der Waals surface area contributed by atoms with E-state index in [0.717, 1.165) is 63.4 Å². The van der Waals surface area contributed by atoms with Gasteiger partial charge in [0.2, 0.25) is 23.6 Å². The highest BCUT2D eigenvalue weighted by Gasteiger charge is 2.66. The number of ether oxygens (including phenoxy) is 4. The summed E-state index contributed by atoms with van der Waals surface area (Å²) in [6.45, 7) is 8.68. The van der Waals surface area contributed by atoms with Crippen molar-refractivity contribution in [2.24, 2.45) is 22.2 Å². The molecule has 4 saturated carbocycles. The summed E-state index contributed by atoms with van der Waals surface area (Å²) in [5, 5.41) is 111. The summed E-state index contributed by atoms with van der Waals surface area (Å²) >= 11 is 1.38. The van der Waals surface area contributed by atoms with Crippen LogP contribution >= 0.6 is 11.3 Å². The van der Waals surface area contributed by atoms with Crippen LogP contribution in [-0.4, -0.2) is 290 Å². The zero-order valence-corrected chi connectivity index (χ0v) is 71.5. The monoisotopic (exact) mass is 1770 g/mol. The van der Waals surface area contributed by atoms with Crippen LogP contribution in [0.3, 0.4) is 0 Å². The number of aliphatic hydroxyl groups excluding tert-OH is 7. The van der Waals surface area contributed by atoms with E-state index in [-0.39, 0.29) is 91.1 Å². The first kappa shape index (κ1) is 92.3. The molecule has 14 N–H and O–H groups in total. The molecule has 0 radical (unpaired) electrons. The molecule has 7 heterocycles. The van der Waals surface area contributed by atoms with Crippen LogP contribution in [0.4, 0.5) is 21.4 Å². The molecule has 674 valence electrons. The fourth-order valence-corrected chi connectivity index (χ4v) is 21.2. The number of aryl methyl sites for hydroxylation is 1. The molecule has 4 aliphatic carbocycles. The van der Waals surface area contributed by atoms with Gasteiger partial charge in [-0.15, -0.1) is 0 Å². The smallest absolute Gasteiger partial charge is 0.410 e. The van der Waals surface area contributed by atoms with Crippen molar-refractivity contribution in [1.82, 2.24) is 45.1 Å². The quantitative estimate of drug-likeness (QED) is 0.0151. The Bertz CT molecular complexity index is 5210. The predicted octanol–water partition coefficient (Wildman–Crippen LogP) is 2.87. The number of rotatable bonds is 37. The lowest BCUT2D eigenvalue weighted by atomic mass is 9.39. The van der Waals surface area contributed by atoms with Gasteiger partial charge in [-0.1, -0.05) is 69.4 Å². The van der Waals surface area contributed by atoms with Gasteiger partial charge >= 0.3 is 18.0 Å². The Kier molecular flexibility index (Phi) is 27.8. The first-order chi connectivity index (χ1) is 59.1. The zero-order chi connectivity index (χ0) is 90.1. The number of nitrogens with one attached hydrogen (secondary N) is 4. The summed E-state index contributed by atoms with van der Waals surface area (Å²) < 4.78 is 59.0. The molecular weight excluding hydrogens is 1670 g/mol. The minimum Gasteiger partial charge on any atom is -0.479 e. The number of fused-ring (bicyclic) bond motifs is 2. The Morgan fingerprint density at radius 1 is 0.792 bits per heavy atom. The largest absolute Gasteiger partial charge is 0.479 e. The molecule has 6 fully saturated rings. The van der Waals surface area contributed by atoms with Gasteiger partial charge in [0.15, 0.2) is 16.9 Å². The summed E-state index contributed by atoms with van der Waals surface area (Å²) in [4.78, 5) is 150. The number of hydrogen-bond acceptors (Lipinski definition) is 28. The van der Waals surface area contributed by atoms with E-state index in [9.17, 15) is 107 Å². The van der Waals surface area contributed by atoms with Crippen molar-refractivity contribution < 1.29 is 126 Å². The fourth-order valence-electron chi connectivity index (χ4n) is 20.0. The maximum absolute atomic E-state index is 14.7. The molecule has 0 spiro atoms. The van der Waals surface area contributed by atoms with Gasteiger partial charge < -0.3 is 95.6 Å². The molecule has 125 heavy (non-hydrogen) atoms. The second-order valence-corrected chi connectivity index (χ2v) is 37.7. The highest BCUT2D eigenvalue weighted by atomic mass is 32.2. The number of carbonyl (C=O) groups is 10. The number of amides is 8. The number of imide groups is 1. The van der Waals surface area contributed by atoms with Crippen molar-refractivity contribution in [3.63, 3.8) is 0 Å². The molecule has 2 saturated heterocycles. The van der Waals surface area contributed by atoms with Crippen LogP contribution in [0.5, 0.6) is 0 Å². The Balaban J connectivity index is 0.681. The van der Waals surface area contributed by atoms with Gasteiger partial charge in [-0.3, -0.25) is 53.0 Å². The van der Waals surface area contributed by atoms with Gasteiger partial charge in [0, 0.05) is 79.4 Å². The van der Waals surface area contributed by atoms with E-state index < -0.39 is 180 Å². The number of carboxylic acids is 2. The van der Waals surface area contributed by atoms with E-state index in [1.54, 1.807) is 38.2 Å². The third-order valence-corrected chi connectivity index (χ3v) is 26.6. The van der Waals surface area contributed by atoms with Crippen molar-refractivity contribution in [3.8, 4) is 11.1 Å². The number of aliphatic carboxylic acids is 1. The first-order valence-electron chi connectivity index (χ1n) is 41.5. The van der Waals surface area contributed by atoms with Gasteiger partial charge in [-0.25, -0.2) is 24.4 Å². The summed E-state index contributed by atoms with van der Waals surface area (Å²) in [5.74, 6) is -9.14. The zero-order valence-electron chi connectivity index (χ0n) is 69.8. The minimum absolute atomic E-state index is 0.0577. The van der Waals surface area contributed by atoms with E-state index in [0.29, 0.717) is 83.4 Å². The number of aromatic nitrogens is 4. The van der Waals surface area contributed by atoms with Gasteiger partial charge in [-0.05, 0) is 165 Å². The highest BCUT2D eigenvalue weighted by Crippen LogP contribution is 2.72. The topological polar surface area (TPSA) is 549 Å². The molecule has 40 heteroatoms. The van der Waals surface area contributed by atoms with E-state index in [2.05, 4.69) is 40.1 Å². The Labute approximate surface area is 723 Å². The number of anilines is 3. The van der Waals surface area contributed by atoms with Crippen LogP contribution in [0, 0.1) is 29.1 Å². The molecule has 8 aliphatic rings. The van der Waals surface area contributed by atoms with Crippen molar-refractivity contribution in [1.29, 1.82) is 0 Å². The summed E-state index contributed by atoms with van der Waals surface area (Å²) in [5.41, 5.74) is 3.70. The van der Waals surface area contributed by atoms with Crippen LogP contribution < -0.4 is 26.2 Å². The van der Waals surface area contributed by atoms with Gasteiger partial charge in [-0.2, -0.15) is 13.5 Å². The standard InChI is InChI=1S/C85H106N12O26S2/c1-45(2)67(91-64(101)34-95-52(37-120-28-29-125(117,118)119)31-58(77(95)111)97-65(102)20-21-66(97)103)76(110)87-46(3)74(108)88-51-16-14-50(49(30-51)15-18-61-70(105)71(106)72(107)73(123-61)79(114)115)36-121-81(116)93(25-23-59(99)69(104)60(100)35-98)26-27-122-85-41-82(5)38-83(6,42-85)40-84(39-82,43-85)44-96-47(4)55(32-86-96)53-17-19-63(90-68(53)78(112)113)94-24-22-48-10-9-11-54(56(48)33-94)75(109)92-80-89-57-12-7-8-13-62(57)124-80/h7-14,16-17,19-21,30,32,45-46,52,58-61,67,69-73,98-100,104-107H,15,18,22-29,31,33-44H2,1-6H3,(H,87,110)(H,88,108)(H,91,101)(H,112,113)(H,114,115)(H,89,92,109)(H,117,118,119)/t46-,52-,58?,59+,60+,61-,67-,69-,70-,71+,72-,73-,82?,83?,84?,85?/m0/s1. The molecule has 3 aromatic carbocycles. The van der Waals surface area contributed by atoms with Crippen molar-refractivity contribution in [2.45, 2.75) is 210 Å². The number of thiazole rings is 1. The number of benzene rings is 3. The SMILES string of the molecule is Cc1c(-c2ccc(N3CCc4cccc(C(=O)Nc5nc6ccccc6s5)c4C3)nc2C(=O)O)cnn1CC12CC3(C)CC(C)(C1)CC(OCCN(CC[C@@H](O)[C@H](O)[C@H](O)CO)C(=O)OCc1ccc(NC(=O)[C@H](C)NC(=O)[C@@H](NC(=O)CN4C(=O)C(N5C(=O)C=CC5=O)C[C@H]4COCCS(=O)(=O)O)C(C)C)cc1CC[C@@H]1O[C@H](C(=O)O)[C@@H](O)[C@H](O)[C@H]1O)(C3)C2. The molecule has 3 aromatic heterocycles. The number of carboxylic acid groups (broad SMARTS) is 2. The van der Waals surface area contributed by atoms with Crippen LogP contribution in [0.15, 0.2) is 91.1 Å². The minimum atomic E-state index is -4.45. The number of aromatic carboxylic acids is 1. The lowest BCUT2D eigenvalue weighted by Gasteiger charge is -2.69. The Morgan fingerprint density at radius 3 is 2.21 bits per heavy atom. The normalized spacial score (nSPS) is 25.8. The molecule has 14 atom stereocenters. The van der Waals surface area contributed by atoms with Crippen LogP contribution in [0.25, 0.3) is 21.3 Å². The maximum Gasteiger partial charge on any atom is 0.410 e. The number of pyridine rings is 1. The Hall–Kier alpha value is -10.3. The molecule has 8 amide bonds. The molecule has 4 bridgehead atoms. The highest BCUT2D eigenvalue weighted by molar-refractivity contribution is 7.85. The van der Waals surface area contributed by atoms with Crippen LogP contribution in [0.2, 0.25) is 0 Å². The lowest BCUT2D eigenvalue weighted by Crippen LogP contribution is -2.64. The molecular formula is C85H106N12O26S2. The number of carbonyl (C=O) groups excluding carboxylic acids is 8. The second kappa shape index (κ2) is 37.7. The van der Waals surface area contributed by atoms with Crippen molar-refractivity contribution in [3.05, 3.63) is 130 Å². The number of para-hydroxylation sites is 1. The molecule has 38 nitrogen and oxygen atoms in total. The lowest BCUT2D eigenvalue weighted by molar-refractivity contribution is -0.248. The fraction of sp³-hybridized carbons (Fsp3) is 0.541. The molecule has 4 aliphatic heterocycles. The van der Waals surface area contributed by atoms with Gasteiger partial charge in [0.25, 0.3) is 27.8 Å². The Morgan fingerprint density at radius 2 is 1.52 bits per heavy atom. The predicted molar refractivity (Wildman–Crippen MR) is 447 cm³/mol. The third kappa shape index (κ3) is 20.9. The third-order valence-electron chi connectivity index (χ3n) is 24.9. The van der Waals surface area contributed by atoms with E-state index in [1.165, 1.54) is 41.4 Å². The summed E-state index contributed by atoms with van der Waals surface area (Å²) in [6, 6.07) is 16.1. The second-order valence-electron chi connectivity index (χ2n) is 35.1. The number of aliphatic hydroxyl groups is 7. The maximum atomic E-state index is 14.7. The van der Waals surface area contributed by atoms with Crippen LogP contribution in [-0.2, 0) is 95.2 Å². The molecule has 6 aromatic rings. The van der Waals surface area contributed by atoms with Gasteiger partial charge in [0.1, 0.15) is 61.1 Å². The van der Waals surface area contributed by atoms with E-state index in [4.69, 9.17) is 29.0 Å². The van der Waals surface area contributed by atoms with Crippen molar-refractivity contribution >= 4 is 108 Å². The number of likely N-dealkylation sites (tertiary alicyclic amines) is 1. The average molecular weight is 1780 g/mol. The molecule has 14 rings (SSSR count). The molecule has 3 unspecified atom stereocenters. The summed E-state index contributed by atoms with van der Waals surface area (Å²) in [6.07, 6.45) is -7.51. The van der Waals surface area contributed by atoms with E-state index >= 15 is 0 Å². The number of hydrogen-bond donors (Lipinski definition) is 14. The number of nitrogens with zero attached hydrogens (tertiary/aromatic N) is 8. The summed E-state index contributed by atoms with van der Waals surface area (Å²) in [7, 11) is -4.45. The van der Waals surface area contributed by atoms with Crippen molar-refractivity contribution in [2.75, 3.05) is 73.9 Å². The van der Waals surface area contributed by atoms with Crippen LogP contribution in [0.1, 0.15) is 141 Å². The van der Waals surface area contributed by atoms with E-state index in [1.807, 2.05) is 52.9 Å².